The zero-order chi connectivity index (χ0) is 12.2. The molecule has 0 atom stereocenters. The fraction of sp³-hybridized carbons (Fsp3) is 0.250. The van der Waals surface area contributed by atoms with Gasteiger partial charge in [-0.15, -0.1) is 0 Å². The number of anilines is 1. The van der Waals surface area contributed by atoms with Crippen LogP contribution in [0.4, 0.5) is 5.69 Å². The van der Waals surface area contributed by atoms with E-state index in [0.29, 0.717) is 0 Å². The van der Waals surface area contributed by atoms with Crippen molar-refractivity contribution in [1.29, 1.82) is 0 Å². The molecule has 0 aromatic heterocycles. The van der Waals surface area contributed by atoms with Crippen molar-refractivity contribution in [2.45, 2.75) is 18.3 Å². The lowest BCUT2D eigenvalue weighted by atomic mass is 9.80. The maximum atomic E-state index is 6.07. The van der Waals surface area contributed by atoms with Gasteiger partial charge >= 0.3 is 0 Å². The zero-order valence-electron chi connectivity index (χ0n) is 10.0. The minimum absolute atomic E-state index is 0.254. The van der Waals surface area contributed by atoms with Crippen molar-refractivity contribution >= 4 is 17.3 Å². The van der Waals surface area contributed by atoms with Crippen molar-refractivity contribution in [1.82, 2.24) is 0 Å². The third kappa shape index (κ3) is 1.34. The van der Waals surface area contributed by atoms with Crippen LogP contribution < -0.4 is 5.32 Å². The maximum absolute atomic E-state index is 6.07. The first-order valence-electron chi connectivity index (χ1n) is 6.38. The molecule has 0 saturated heterocycles. The van der Waals surface area contributed by atoms with Gasteiger partial charge in [0.1, 0.15) is 0 Å². The summed E-state index contributed by atoms with van der Waals surface area (Å²) in [5, 5.41) is 4.34. The third-order valence-electron chi connectivity index (χ3n) is 4.35. The Labute approximate surface area is 112 Å². The molecule has 2 aromatic rings. The smallest absolute Gasteiger partial charge is 0.0426 e. The van der Waals surface area contributed by atoms with Gasteiger partial charge in [-0.3, -0.25) is 0 Å². The Hall–Kier alpha value is -1.47. The summed E-state index contributed by atoms with van der Waals surface area (Å²) in [7, 11) is 0. The summed E-state index contributed by atoms with van der Waals surface area (Å²) in [6, 6.07) is 15.1. The van der Waals surface area contributed by atoms with Gasteiger partial charge in [-0.05, 0) is 41.7 Å². The van der Waals surface area contributed by atoms with E-state index in [2.05, 4.69) is 41.7 Å². The van der Waals surface area contributed by atoms with Crippen molar-refractivity contribution in [3.05, 3.63) is 64.2 Å². The molecule has 1 N–H and O–H groups in total. The number of rotatable bonds is 0. The predicted molar refractivity (Wildman–Crippen MR) is 75.5 cm³/mol. The van der Waals surface area contributed by atoms with E-state index >= 15 is 0 Å². The van der Waals surface area contributed by atoms with Gasteiger partial charge in [-0.25, -0.2) is 0 Å². The lowest BCUT2D eigenvalue weighted by molar-refractivity contribution is 0.501. The van der Waals surface area contributed by atoms with Crippen LogP contribution in [0.5, 0.6) is 0 Å². The quantitative estimate of drug-likeness (QED) is 0.755. The normalized spacial score (nSPS) is 18.5. The highest BCUT2D eigenvalue weighted by Crippen LogP contribution is 2.46. The molecule has 90 valence electrons. The minimum atomic E-state index is 0.254. The molecule has 1 nitrogen and oxygen atoms in total. The first-order chi connectivity index (χ1) is 8.77. The van der Waals surface area contributed by atoms with E-state index in [-0.39, 0.29) is 5.41 Å². The Bertz CT molecular complexity index is 608. The van der Waals surface area contributed by atoms with E-state index in [1.165, 1.54) is 22.4 Å². The summed E-state index contributed by atoms with van der Waals surface area (Å²) in [5.41, 5.74) is 5.91. The predicted octanol–water partition coefficient (Wildman–Crippen LogP) is 3.80. The van der Waals surface area contributed by atoms with Crippen molar-refractivity contribution in [2.75, 3.05) is 11.9 Å². The third-order valence-corrected chi connectivity index (χ3v) is 4.58. The van der Waals surface area contributed by atoms with Gasteiger partial charge in [0, 0.05) is 22.7 Å². The molecule has 1 spiro atoms. The highest BCUT2D eigenvalue weighted by atomic mass is 35.5. The molecule has 1 heterocycles. The van der Waals surface area contributed by atoms with Crippen molar-refractivity contribution in [3.8, 4) is 0 Å². The average molecular weight is 256 g/mol. The molecule has 0 unspecified atom stereocenters. The molecule has 0 amide bonds. The van der Waals surface area contributed by atoms with Crippen molar-refractivity contribution in [2.24, 2.45) is 0 Å². The highest BCUT2D eigenvalue weighted by Gasteiger charge is 2.43. The van der Waals surface area contributed by atoms with Crippen molar-refractivity contribution in [3.63, 3.8) is 0 Å². The molecular weight excluding hydrogens is 242 g/mol. The zero-order valence-corrected chi connectivity index (χ0v) is 10.8. The molecular formula is C16H14ClN. The van der Waals surface area contributed by atoms with Crippen LogP contribution in [0.3, 0.4) is 0 Å². The Morgan fingerprint density at radius 3 is 2.44 bits per heavy atom. The number of nitrogens with one attached hydrogen (secondary N) is 1. The molecule has 18 heavy (non-hydrogen) atoms. The summed E-state index contributed by atoms with van der Waals surface area (Å²) in [6.45, 7) is 1.03. The Kier molecular flexibility index (Phi) is 2.04. The summed E-state index contributed by atoms with van der Waals surface area (Å²) in [6.07, 6.45) is 2.29. The van der Waals surface area contributed by atoms with Gasteiger partial charge in [0.15, 0.2) is 0 Å². The van der Waals surface area contributed by atoms with Gasteiger partial charge in [0.2, 0.25) is 0 Å². The molecule has 2 aliphatic rings. The minimum Gasteiger partial charge on any atom is -0.384 e. The molecule has 0 fully saturated rings. The van der Waals surface area contributed by atoms with Crippen molar-refractivity contribution < 1.29 is 0 Å². The second-order valence-corrected chi connectivity index (χ2v) is 5.88. The first kappa shape index (κ1) is 10.5. The Morgan fingerprint density at radius 1 is 1.00 bits per heavy atom. The summed E-state index contributed by atoms with van der Waals surface area (Å²) < 4.78 is 0. The van der Waals surface area contributed by atoms with Gasteiger partial charge in [-0.2, -0.15) is 0 Å². The summed E-state index contributed by atoms with van der Waals surface area (Å²) in [5.74, 6) is 0. The highest BCUT2D eigenvalue weighted by molar-refractivity contribution is 6.30. The number of halogens is 1. The molecule has 4 rings (SSSR count). The summed E-state index contributed by atoms with van der Waals surface area (Å²) in [4.78, 5) is 0. The number of hydrogen-bond acceptors (Lipinski definition) is 1. The fourth-order valence-electron chi connectivity index (χ4n) is 3.49. The Morgan fingerprint density at radius 2 is 1.72 bits per heavy atom. The second-order valence-electron chi connectivity index (χ2n) is 5.45. The molecule has 0 saturated carbocycles. The molecule has 0 bridgehead atoms. The Balaban J connectivity index is 1.82. The van der Waals surface area contributed by atoms with Gasteiger partial charge in [0.05, 0.1) is 0 Å². The SMILES string of the molecule is Clc1ccc2c(c1)NCC21Cc2ccccc2C1. The van der Waals surface area contributed by atoms with Crippen LogP contribution in [0.25, 0.3) is 0 Å². The average Bonchev–Trinajstić information content (AvgIpc) is 2.91. The lowest BCUT2D eigenvalue weighted by Gasteiger charge is -2.22. The van der Waals surface area contributed by atoms with Crippen LogP contribution in [0.15, 0.2) is 42.5 Å². The fourth-order valence-corrected chi connectivity index (χ4v) is 3.67. The number of benzene rings is 2. The lowest BCUT2D eigenvalue weighted by Crippen LogP contribution is -2.28. The van der Waals surface area contributed by atoms with Gasteiger partial charge < -0.3 is 5.32 Å². The number of hydrogen-bond donors (Lipinski definition) is 1. The maximum Gasteiger partial charge on any atom is 0.0426 e. The molecule has 2 heteroatoms. The van der Waals surface area contributed by atoms with E-state index in [9.17, 15) is 0 Å². The van der Waals surface area contributed by atoms with Crippen LogP contribution in [-0.4, -0.2) is 6.54 Å². The number of fused-ring (bicyclic) bond motifs is 3. The standard InChI is InChI=1S/C16H14ClN/c17-13-5-6-14-15(7-13)18-10-16(14)8-11-3-1-2-4-12(11)9-16/h1-7,18H,8-10H2. The van der Waals surface area contributed by atoms with E-state index in [4.69, 9.17) is 11.6 Å². The molecule has 1 aliphatic carbocycles. The molecule has 0 radical (unpaired) electrons. The topological polar surface area (TPSA) is 12.0 Å². The van der Waals surface area contributed by atoms with Crippen LogP contribution in [0, 0.1) is 0 Å². The monoisotopic (exact) mass is 255 g/mol. The second kappa shape index (κ2) is 3.52. The van der Waals surface area contributed by atoms with Crippen LogP contribution in [0.1, 0.15) is 16.7 Å². The van der Waals surface area contributed by atoms with Crippen LogP contribution in [-0.2, 0) is 18.3 Å². The van der Waals surface area contributed by atoms with Gasteiger partial charge in [-0.1, -0.05) is 41.9 Å². The van der Waals surface area contributed by atoms with E-state index in [1.54, 1.807) is 0 Å². The van der Waals surface area contributed by atoms with Gasteiger partial charge in [0.25, 0.3) is 0 Å². The largest absolute Gasteiger partial charge is 0.384 e. The first-order valence-corrected chi connectivity index (χ1v) is 6.75. The molecule has 2 aromatic carbocycles. The van der Waals surface area contributed by atoms with Crippen LogP contribution >= 0.6 is 11.6 Å². The summed E-state index contributed by atoms with van der Waals surface area (Å²) >= 11 is 6.07. The van der Waals surface area contributed by atoms with E-state index in [1.807, 2.05) is 6.07 Å². The van der Waals surface area contributed by atoms with E-state index in [0.717, 1.165) is 24.4 Å². The van der Waals surface area contributed by atoms with E-state index < -0.39 is 0 Å². The molecule has 1 aliphatic heterocycles. The van der Waals surface area contributed by atoms with Crippen LogP contribution in [0.2, 0.25) is 5.02 Å².